The van der Waals surface area contributed by atoms with Crippen molar-refractivity contribution in [2.24, 2.45) is 0 Å². The number of non-ortho nitro benzene ring substituents is 1. The Labute approximate surface area is 164 Å². The Balaban J connectivity index is 1.95. The van der Waals surface area contributed by atoms with Gasteiger partial charge in [-0.25, -0.2) is 0 Å². The summed E-state index contributed by atoms with van der Waals surface area (Å²) in [5, 5.41) is 20.9. The number of aryl methyl sites for hydroxylation is 1. The zero-order valence-corrected chi connectivity index (χ0v) is 15.9. The molecule has 0 unspecified atom stereocenters. The number of carbonyl (C=O) groups is 2. The lowest BCUT2D eigenvalue weighted by molar-refractivity contribution is -0.385. The molecule has 1 heterocycles. The molecule has 1 aliphatic heterocycles. The molecule has 2 aromatic carbocycles. The van der Waals surface area contributed by atoms with Crippen molar-refractivity contribution in [2.45, 2.75) is 13.5 Å². The Morgan fingerprint density at radius 3 is 2.64 bits per heavy atom. The number of imide groups is 1. The summed E-state index contributed by atoms with van der Waals surface area (Å²) >= 11 is 0.715. The molecule has 2 amide bonds. The van der Waals surface area contributed by atoms with E-state index in [9.17, 15) is 24.8 Å². The number of carbonyl (C=O) groups excluding carboxylic acids is 2. The van der Waals surface area contributed by atoms with E-state index < -0.39 is 16.1 Å². The number of amides is 2. The lowest BCUT2D eigenvalue weighted by Gasteiger charge is -2.14. The van der Waals surface area contributed by atoms with Gasteiger partial charge in [0.15, 0.2) is 11.5 Å². The van der Waals surface area contributed by atoms with Crippen LogP contribution in [0.1, 0.15) is 16.7 Å². The second-order valence-electron chi connectivity index (χ2n) is 6.04. The number of phenolic OH excluding ortho intramolecular Hbond substituents is 1. The molecule has 8 nitrogen and oxygen atoms in total. The second-order valence-corrected chi connectivity index (χ2v) is 7.03. The molecular weight excluding hydrogens is 384 g/mol. The maximum atomic E-state index is 12.7. The summed E-state index contributed by atoms with van der Waals surface area (Å²) in [6.45, 7) is 2.01. The van der Waals surface area contributed by atoms with Crippen LogP contribution in [0.2, 0.25) is 0 Å². The largest absolute Gasteiger partial charge is 0.504 e. The molecule has 0 saturated carbocycles. The molecule has 144 valence electrons. The molecular formula is C19H16N2O6S. The summed E-state index contributed by atoms with van der Waals surface area (Å²) in [7, 11) is 1.26. The Morgan fingerprint density at radius 1 is 1.29 bits per heavy atom. The number of hydrogen-bond donors (Lipinski definition) is 1. The van der Waals surface area contributed by atoms with E-state index in [1.807, 2.05) is 31.2 Å². The third kappa shape index (κ3) is 3.70. The van der Waals surface area contributed by atoms with E-state index in [2.05, 4.69) is 0 Å². The first-order chi connectivity index (χ1) is 13.3. The van der Waals surface area contributed by atoms with Gasteiger partial charge in [0.1, 0.15) is 0 Å². The normalized spacial score (nSPS) is 15.4. The number of hydrogen-bond acceptors (Lipinski definition) is 7. The molecule has 0 aliphatic carbocycles. The first kappa shape index (κ1) is 19.4. The van der Waals surface area contributed by atoms with E-state index in [-0.39, 0.29) is 34.2 Å². The molecule has 1 saturated heterocycles. The highest BCUT2D eigenvalue weighted by molar-refractivity contribution is 8.18. The number of phenols is 1. The van der Waals surface area contributed by atoms with Crippen molar-refractivity contribution in [2.75, 3.05) is 7.11 Å². The second kappa shape index (κ2) is 7.73. The van der Waals surface area contributed by atoms with Crippen molar-refractivity contribution < 1.29 is 24.4 Å². The number of ether oxygens (including phenoxy) is 1. The van der Waals surface area contributed by atoms with Crippen LogP contribution in [0.3, 0.4) is 0 Å². The lowest BCUT2D eigenvalue weighted by Crippen LogP contribution is -2.27. The Kier molecular flexibility index (Phi) is 5.36. The van der Waals surface area contributed by atoms with Crippen LogP contribution in [0.25, 0.3) is 6.08 Å². The van der Waals surface area contributed by atoms with E-state index in [0.717, 1.165) is 28.2 Å². The van der Waals surface area contributed by atoms with Crippen molar-refractivity contribution in [1.29, 1.82) is 0 Å². The van der Waals surface area contributed by atoms with Gasteiger partial charge in [0.2, 0.25) is 0 Å². The highest BCUT2D eigenvalue weighted by Gasteiger charge is 2.35. The van der Waals surface area contributed by atoms with Gasteiger partial charge in [0.05, 0.1) is 29.5 Å². The molecule has 2 aromatic rings. The highest BCUT2D eigenvalue weighted by atomic mass is 32.2. The summed E-state index contributed by atoms with van der Waals surface area (Å²) in [6.07, 6.45) is 1.26. The molecule has 9 heteroatoms. The van der Waals surface area contributed by atoms with Gasteiger partial charge >= 0.3 is 0 Å². The number of nitro groups is 1. The van der Waals surface area contributed by atoms with E-state index in [1.165, 1.54) is 13.2 Å². The van der Waals surface area contributed by atoms with Crippen LogP contribution < -0.4 is 4.74 Å². The number of benzene rings is 2. The fraction of sp³-hybridized carbons (Fsp3) is 0.158. The smallest absolute Gasteiger partial charge is 0.293 e. The number of nitrogens with zero attached hydrogens (tertiary/aromatic N) is 2. The summed E-state index contributed by atoms with van der Waals surface area (Å²) in [5.74, 6) is -0.971. The molecule has 1 aliphatic rings. The minimum absolute atomic E-state index is 0.0208. The number of aromatic hydroxyl groups is 1. The van der Waals surface area contributed by atoms with E-state index in [4.69, 9.17) is 4.74 Å². The van der Waals surface area contributed by atoms with Crippen LogP contribution in [0.5, 0.6) is 11.5 Å². The molecule has 1 N–H and O–H groups in total. The Morgan fingerprint density at radius 2 is 2.00 bits per heavy atom. The van der Waals surface area contributed by atoms with Gasteiger partial charge in [-0.05, 0) is 35.9 Å². The van der Waals surface area contributed by atoms with Crippen molar-refractivity contribution in [3.05, 3.63) is 68.1 Å². The number of rotatable bonds is 5. The first-order valence-electron chi connectivity index (χ1n) is 8.17. The van der Waals surface area contributed by atoms with Crippen LogP contribution in [0, 0.1) is 17.0 Å². The summed E-state index contributed by atoms with van der Waals surface area (Å²) < 4.78 is 4.95. The van der Waals surface area contributed by atoms with Crippen LogP contribution in [0.4, 0.5) is 10.5 Å². The van der Waals surface area contributed by atoms with Crippen LogP contribution in [0.15, 0.2) is 41.3 Å². The average molecular weight is 400 g/mol. The van der Waals surface area contributed by atoms with Gasteiger partial charge in [0.25, 0.3) is 16.8 Å². The van der Waals surface area contributed by atoms with Gasteiger partial charge in [-0.3, -0.25) is 24.6 Å². The molecule has 3 rings (SSSR count). The molecule has 1 fully saturated rings. The van der Waals surface area contributed by atoms with Crippen LogP contribution >= 0.6 is 11.8 Å². The maximum absolute atomic E-state index is 12.7. The van der Waals surface area contributed by atoms with E-state index in [0.29, 0.717) is 11.8 Å². The SMILES string of the molecule is COc1cc([N+](=O)[O-])cc(/C=C2\SC(=O)N(Cc3ccccc3C)C2=O)c1O. The standard InChI is InChI=1S/C19H16N2O6S/c1-11-5-3-4-6-12(11)10-20-18(23)16(28-19(20)24)8-13-7-14(21(25)26)9-15(27-2)17(13)22/h3-9,22H,10H2,1-2H3/b16-8-. The molecule has 0 atom stereocenters. The maximum Gasteiger partial charge on any atom is 0.293 e. The highest BCUT2D eigenvalue weighted by Crippen LogP contribution is 2.39. The Bertz CT molecular complexity index is 1020. The fourth-order valence-corrected chi connectivity index (χ4v) is 3.55. The quantitative estimate of drug-likeness (QED) is 0.461. The van der Waals surface area contributed by atoms with Gasteiger partial charge < -0.3 is 9.84 Å². The van der Waals surface area contributed by atoms with Crippen LogP contribution in [-0.4, -0.2) is 33.2 Å². The molecule has 0 spiro atoms. The topological polar surface area (TPSA) is 110 Å². The zero-order chi connectivity index (χ0) is 20.4. The third-order valence-electron chi connectivity index (χ3n) is 4.27. The molecule has 0 bridgehead atoms. The third-order valence-corrected chi connectivity index (χ3v) is 5.18. The van der Waals surface area contributed by atoms with Crippen molar-refractivity contribution in [1.82, 2.24) is 4.90 Å². The van der Waals surface area contributed by atoms with Gasteiger partial charge in [-0.2, -0.15) is 0 Å². The zero-order valence-electron chi connectivity index (χ0n) is 15.0. The van der Waals surface area contributed by atoms with E-state index >= 15 is 0 Å². The molecule has 28 heavy (non-hydrogen) atoms. The monoisotopic (exact) mass is 400 g/mol. The van der Waals surface area contributed by atoms with Crippen LogP contribution in [-0.2, 0) is 11.3 Å². The first-order valence-corrected chi connectivity index (χ1v) is 8.98. The number of methoxy groups -OCH3 is 1. The van der Waals surface area contributed by atoms with Crippen molar-refractivity contribution in [3.63, 3.8) is 0 Å². The summed E-state index contributed by atoms with van der Waals surface area (Å²) in [5.41, 5.74) is 1.50. The predicted octanol–water partition coefficient (Wildman–Crippen LogP) is 3.85. The van der Waals surface area contributed by atoms with E-state index in [1.54, 1.807) is 0 Å². The summed E-state index contributed by atoms with van der Waals surface area (Å²) in [4.78, 5) is 36.6. The molecule has 0 radical (unpaired) electrons. The minimum atomic E-state index is -0.636. The van der Waals surface area contributed by atoms with Gasteiger partial charge in [-0.1, -0.05) is 24.3 Å². The van der Waals surface area contributed by atoms with Gasteiger partial charge in [0, 0.05) is 11.6 Å². The summed E-state index contributed by atoms with van der Waals surface area (Å²) in [6, 6.07) is 9.61. The average Bonchev–Trinajstić information content (AvgIpc) is 2.92. The number of thioether (sulfide) groups is 1. The lowest BCUT2D eigenvalue weighted by atomic mass is 10.1. The predicted molar refractivity (Wildman–Crippen MR) is 104 cm³/mol. The molecule has 0 aromatic heterocycles. The van der Waals surface area contributed by atoms with Crippen molar-refractivity contribution in [3.8, 4) is 11.5 Å². The van der Waals surface area contributed by atoms with Crippen molar-refractivity contribution >= 4 is 34.7 Å². The fourth-order valence-electron chi connectivity index (χ4n) is 2.72. The number of nitro benzene ring substituents is 1. The van der Waals surface area contributed by atoms with Gasteiger partial charge in [-0.15, -0.1) is 0 Å². The minimum Gasteiger partial charge on any atom is -0.504 e. The Hall–Kier alpha value is -3.33.